The summed E-state index contributed by atoms with van der Waals surface area (Å²) in [5.74, 6) is 0.867. The number of allylic oxidation sites excluding steroid dienone is 2. The number of hydrogen-bond acceptors (Lipinski definition) is 0. The molecule has 0 saturated heterocycles. The van der Waals surface area contributed by atoms with Crippen LogP contribution < -0.4 is 0 Å². The molecule has 0 aromatic heterocycles. The van der Waals surface area contributed by atoms with Gasteiger partial charge >= 0.3 is 0 Å². The van der Waals surface area contributed by atoms with Gasteiger partial charge in [0.25, 0.3) is 0 Å². The molecule has 0 aromatic carbocycles. The van der Waals surface area contributed by atoms with E-state index in [4.69, 9.17) is 0 Å². The van der Waals surface area contributed by atoms with Gasteiger partial charge < -0.3 is 0 Å². The van der Waals surface area contributed by atoms with Crippen LogP contribution >= 0.6 is 0 Å². The molecular formula is C13H24N+. The molecular weight excluding hydrogens is 170 g/mol. The van der Waals surface area contributed by atoms with E-state index in [1.807, 2.05) is 0 Å². The second kappa shape index (κ2) is 5.35. The SMILES string of the molecule is CC(C)CCCCC[N+]1(C)C=CC=C1. The Kier molecular flexibility index (Phi) is 4.40. The van der Waals surface area contributed by atoms with Crippen LogP contribution in [-0.4, -0.2) is 18.1 Å². The Morgan fingerprint density at radius 3 is 2.21 bits per heavy atom. The number of unbranched alkanes of at least 4 members (excludes halogenated alkanes) is 2. The van der Waals surface area contributed by atoms with Crippen molar-refractivity contribution in [3.63, 3.8) is 0 Å². The molecule has 1 aliphatic heterocycles. The van der Waals surface area contributed by atoms with E-state index in [0.717, 1.165) is 10.4 Å². The Bertz CT molecular complexity index is 201. The van der Waals surface area contributed by atoms with E-state index in [0.29, 0.717) is 0 Å². The highest BCUT2D eigenvalue weighted by atomic mass is 15.3. The molecule has 0 aromatic rings. The largest absolute Gasteiger partial charge is 0.273 e. The highest BCUT2D eigenvalue weighted by molar-refractivity contribution is 5.03. The average molecular weight is 194 g/mol. The third kappa shape index (κ3) is 4.10. The van der Waals surface area contributed by atoms with E-state index in [-0.39, 0.29) is 0 Å². The minimum Gasteiger partial charge on any atom is -0.273 e. The summed E-state index contributed by atoms with van der Waals surface area (Å²) in [5.41, 5.74) is 0. The summed E-state index contributed by atoms with van der Waals surface area (Å²) < 4.78 is 1.00. The zero-order valence-electron chi connectivity index (χ0n) is 9.87. The molecule has 0 unspecified atom stereocenters. The molecule has 0 N–H and O–H groups in total. The zero-order chi connectivity index (χ0) is 10.4. The highest BCUT2D eigenvalue weighted by Crippen LogP contribution is 2.15. The predicted octanol–water partition coefficient (Wildman–Crippen LogP) is 3.69. The van der Waals surface area contributed by atoms with Gasteiger partial charge in [-0.05, 0) is 30.9 Å². The Balaban J connectivity index is 2.04. The minimum atomic E-state index is 0.867. The first-order valence-electron chi connectivity index (χ1n) is 5.84. The van der Waals surface area contributed by atoms with Gasteiger partial charge in [-0.25, -0.2) is 0 Å². The molecule has 14 heavy (non-hydrogen) atoms. The molecule has 1 heteroatoms. The third-order valence-corrected chi connectivity index (χ3v) is 2.89. The van der Waals surface area contributed by atoms with Gasteiger partial charge in [0.2, 0.25) is 0 Å². The molecule has 0 spiro atoms. The molecule has 1 rings (SSSR count). The van der Waals surface area contributed by atoms with Gasteiger partial charge in [-0.15, -0.1) is 0 Å². The summed E-state index contributed by atoms with van der Waals surface area (Å²) >= 11 is 0. The van der Waals surface area contributed by atoms with Crippen LogP contribution in [0.2, 0.25) is 0 Å². The first-order valence-corrected chi connectivity index (χ1v) is 5.84. The molecule has 0 fully saturated rings. The second-order valence-electron chi connectivity index (χ2n) is 5.00. The maximum Gasteiger partial charge on any atom is 0.100 e. The molecule has 0 bridgehead atoms. The van der Waals surface area contributed by atoms with Crippen molar-refractivity contribution >= 4 is 0 Å². The quantitative estimate of drug-likeness (QED) is 0.447. The summed E-state index contributed by atoms with van der Waals surface area (Å²) in [6, 6.07) is 0. The van der Waals surface area contributed by atoms with Gasteiger partial charge in [0.05, 0.1) is 13.6 Å². The van der Waals surface area contributed by atoms with Crippen molar-refractivity contribution in [2.75, 3.05) is 13.6 Å². The molecule has 1 aliphatic rings. The lowest BCUT2D eigenvalue weighted by Crippen LogP contribution is -2.31. The lowest BCUT2D eigenvalue weighted by Gasteiger charge is -2.23. The fourth-order valence-electron chi connectivity index (χ4n) is 1.87. The van der Waals surface area contributed by atoms with Gasteiger partial charge in [-0.1, -0.05) is 26.7 Å². The normalized spacial score (nSPS) is 18.3. The van der Waals surface area contributed by atoms with E-state index in [1.165, 1.54) is 32.2 Å². The topological polar surface area (TPSA) is 0 Å². The van der Waals surface area contributed by atoms with E-state index in [2.05, 4.69) is 45.4 Å². The highest BCUT2D eigenvalue weighted by Gasteiger charge is 2.16. The standard InChI is InChI=1S/C13H24N/c1-13(2)9-5-4-6-10-14(3)11-7-8-12-14/h7-8,11-13H,4-6,9-10H2,1-3H3/q+1. The first kappa shape index (κ1) is 11.5. The van der Waals surface area contributed by atoms with Crippen LogP contribution in [0.15, 0.2) is 24.6 Å². The van der Waals surface area contributed by atoms with Gasteiger partial charge in [0.15, 0.2) is 0 Å². The van der Waals surface area contributed by atoms with Gasteiger partial charge in [0, 0.05) is 0 Å². The number of nitrogens with zero attached hydrogens (tertiary/aromatic N) is 1. The fourth-order valence-corrected chi connectivity index (χ4v) is 1.87. The first-order chi connectivity index (χ1) is 6.62. The lowest BCUT2D eigenvalue weighted by atomic mass is 10.1. The van der Waals surface area contributed by atoms with Crippen molar-refractivity contribution in [3.8, 4) is 0 Å². The molecule has 0 radical (unpaired) electrons. The van der Waals surface area contributed by atoms with Crippen LogP contribution in [-0.2, 0) is 0 Å². The van der Waals surface area contributed by atoms with Crippen LogP contribution in [0.5, 0.6) is 0 Å². The van der Waals surface area contributed by atoms with E-state index in [1.54, 1.807) is 0 Å². The summed E-state index contributed by atoms with van der Waals surface area (Å²) in [6.45, 7) is 5.87. The van der Waals surface area contributed by atoms with Crippen molar-refractivity contribution in [2.24, 2.45) is 5.92 Å². The Morgan fingerprint density at radius 2 is 1.64 bits per heavy atom. The number of quaternary nitrogens is 1. The van der Waals surface area contributed by atoms with Crippen molar-refractivity contribution in [2.45, 2.75) is 39.5 Å². The fraction of sp³-hybridized carbons (Fsp3) is 0.692. The predicted molar refractivity (Wildman–Crippen MR) is 62.6 cm³/mol. The van der Waals surface area contributed by atoms with Crippen LogP contribution in [0.3, 0.4) is 0 Å². The van der Waals surface area contributed by atoms with Crippen LogP contribution in [0.1, 0.15) is 39.5 Å². The summed E-state index contributed by atoms with van der Waals surface area (Å²) in [7, 11) is 2.27. The number of rotatable bonds is 6. The molecule has 0 aliphatic carbocycles. The van der Waals surface area contributed by atoms with Crippen molar-refractivity contribution < 1.29 is 4.48 Å². The van der Waals surface area contributed by atoms with Gasteiger partial charge in [-0.3, -0.25) is 4.48 Å². The Labute approximate surface area is 88.7 Å². The maximum absolute atomic E-state index is 2.31. The molecule has 0 atom stereocenters. The van der Waals surface area contributed by atoms with Gasteiger partial charge in [0.1, 0.15) is 12.4 Å². The second-order valence-corrected chi connectivity index (χ2v) is 5.00. The molecule has 1 heterocycles. The summed E-state index contributed by atoms with van der Waals surface area (Å²) in [5, 5.41) is 0. The van der Waals surface area contributed by atoms with Crippen LogP contribution in [0, 0.1) is 5.92 Å². The lowest BCUT2D eigenvalue weighted by molar-refractivity contribution is -0.804. The van der Waals surface area contributed by atoms with Crippen LogP contribution in [0.4, 0.5) is 0 Å². The van der Waals surface area contributed by atoms with E-state index < -0.39 is 0 Å². The van der Waals surface area contributed by atoms with Crippen LogP contribution in [0.25, 0.3) is 0 Å². The monoisotopic (exact) mass is 194 g/mol. The van der Waals surface area contributed by atoms with Gasteiger partial charge in [-0.2, -0.15) is 0 Å². The van der Waals surface area contributed by atoms with Crippen molar-refractivity contribution in [3.05, 3.63) is 24.6 Å². The third-order valence-electron chi connectivity index (χ3n) is 2.89. The summed E-state index contributed by atoms with van der Waals surface area (Å²) in [4.78, 5) is 0. The average Bonchev–Trinajstić information content (AvgIpc) is 2.51. The van der Waals surface area contributed by atoms with E-state index in [9.17, 15) is 0 Å². The minimum absolute atomic E-state index is 0.867. The van der Waals surface area contributed by atoms with Crippen molar-refractivity contribution in [1.82, 2.24) is 0 Å². The Morgan fingerprint density at radius 1 is 1.00 bits per heavy atom. The maximum atomic E-state index is 2.31. The molecule has 0 amide bonds. The molecule has 0 saturated carbocycles. The smallest absolute Gasteiger partial charge is 0.100 e. The van der Waals surface area contributed by atoms with Crippen molar-refractivity contribution in [1.29, 1.82) is 0 Å². The Hall–Kier alpha value is -0.560. The zero-order valence-corrected chi connectivity index (χ0v) is 9.87. The van der Waals surface area contributed by atoms with E-state index >= 15 is 0 Å². The molecule has 1 nitrogen and oxygen atoms in total. The molecule has 80 valence electrons. The number of hydrogen-bond donors (Lipinski definition) is 0. The summed E-state index contributed by atoms with van der Waals surface area (Å²) in [6.07, 6.45) is 14.3.